The fourth-order valence-corrected chi connectivity index (χ4v) is 12.7. The second kappa shape index (κ2) is 36.9. The van der Waals surface area contributed by atoms with Gasteiger partial charge in [0.2, 0.25) is 0 Å². The second-order valence-electron chi connectivity index (χ2n) is 26.6. The van der Waals surface area contributed by atoms with E-state index >= 15 is 0 Å². The topological polar surface area (TPSA) is 236 Å². The van der Waals surface area contributed by atoms with Gasteiger partial charge in [-0.3, -0.25) is 19.2 Å². The largest absolute Gasteiger partial charge is 0.481 e. The lowest BCUT2D eigenvalue weighted by Crippen LogP contribution is -2.45. The van der Waals surface area contributed by atoms with Crippen LogP contribution in [-0.4, -0.2) is 136 Å². The first-order chi connectivity index (χ1) is 40.0. The van der Waals surface area contributed by atoms with Crippen molar-refractivity contribution in [3.8, 4) is 0 Å². The first-order valence-corrected chi connectivity index (χ1v) is 36.6. The number of carboxylic acid groups (broad SMARTS) is 1. The van der Waals surface area contributed by atoms with E-state index in [1.165, 1.54) is 16.7 Å². The normalized spacial score (nSPS) is 20.7. The van der Waals surface area contributed by atoms with E-state index in [1.54, 1.807) is 26.4 Å². The van der Waals surface area contributed by atoms with Crippen molar-refractivity contribution in [2.24, 2.45) is 29.1 Å². The van der Waals surface area contributed by atoms with Crippen molar-refractivity contribution in [3.05, 3.63) is 119 Å². The molecule has 8 atom stereocenters. The minimum absolute atomic E-state index is 0.000872. The molecule has 0 unspecified atom stereocenters. The summed E-state index contributed by atoms with van der Waals surface area (Å²) in [6.45, 7) is 22.1. The van der Waals surface area contributed by atoms with Crippen molar-refractivity contribution in [1.82, 2.24) is 0 Å². The summed E-state index contributed by atoms with van der Waals surface area (Å²) in [5.41, 5.74) is 3.50. The predicted molar refractivity (Wildman–Crippen MR) is 341 cm³/mol. The molecule has 478 valence electrons. The average Bonchev–Trinajstić information content (AvgIpc) is 3.04. The van der Waals surface area contributed by atoms with Crippen LogP contribution < -0.4 is 0 Å². The second-order valence-corrected chi connectivity index (χ2v) is 36.1. The standard InChI is InChI=1S/C37H62O6Si2.C31H46O9/c1-36(2,3)44(8,9)42-30(22-21-28-17-16-18-29(25-28)27-41-7)23-24-32-31(19-14-12-13-15-20-35(39)40)33(38)26-34(32)43-45(10,11)37(4,5)6;1-39-18-24-10-6-8-23(16-24)9-7-11-25(35)14-15-27-26(28(36)17-29(27)37)12-4-2-3-5-13-30(38)40-22-31(19-32,20-33)21-34/h12,14,16-18,23-25,30-32,34H,13,15,19-22,26-27H2,1-11H3,(H,39,40);2,4,6,8,10,14-16,25-27,29,32-35,37H,3,5,7,9,11-13,17-22H2,1H3/b14-12-,24-23+;4-2-,15-14+/t30-,31+,32+,34+;25-,26+,27+,29+/m00/s1. The highest BCUT2D eigenvalue weighted by Crippen LogP contribution is 2.44. The van der Waals surface area contributed by atoms with Gasteiger partial charge in [-0.2, -0.15) is 0 Å². The molecule has 0 spiro atoms. The van der Waals surface area contributed by atoms with Gasteiger partial charge < -0.3 is 53.7 Å². The van der Waals surface area contributed by atoms with E-state index in [4.69, 9.17) is 28.2 Å². The zero-order valence-corrected chi connectivity index (χ0v) is 55.6. The molecule has 0 radical (unpaired) electrons. The summed E-state index contributed by atoms with van der Waals surface area (Å²) in [5.74, 6) is -1.91. The highest BCUT2D eigenvalue weighted by Gasteiger charge is 2.47. The van der Waals surface area contributed by atoms with Gasteiger partial charge in [0.25, 0.3) is 0 Å². The molecule has 15 nitrogen and oxygen atoms in total. The molecule has 0 amide bonds. The van der Waals surface area contributed by atoms with Crippen molar-refractivity contribution in [2.75, 3.05) is 40.6 Å². The predicted octanol–water partition coefficient (Wildman–Crippen LogP) is 11.8. The number of aliphatic hydroxyl groups is 5. The number of esters is 1. The van der Waals surface area contributed by atoms with Crippen molar-refractivity contribution in [3.63, 3.8) is 0 Å². The first-order valence-electron chi connectivity index (χ1n) is 30.8. The molecule has 2 saturated carbocycles. The van der Waals surface area contributed by atoms with E-state index in [1.807, 2.05) is 30.4 Å². The number of aryl methyl sites for hydroxylation is 2. The minimum Gasteiger partial charge on any atom is -0.481 e. The maximum Gasteiger partial charge on any atom is 0.305 e. The Hall–Kier alpha value is -4.25. The minimum atomic E-state index is -2.12. The van der Waals surface area contributed by atoms with E-state index in [9.17, 15) is 44.7 Å². The number of Topliss-reactive ketones (excluding diaryl/α,β-unsaturated/α-hetero) is 2. The van der Waals surface area contributed by atoms with Gasteiger partial charge in [-0.15, -0.1) is 0 Å². The number of unbranched alkanes of at least 4 members (excludes halogenated alkanes) is 2. The van der Waals surface area contributed by atoms with Crippen molar-refractivity contribution < 1.29 is 72.9 Å². The Balaban J connectivity index is 0.000000448. The van der Waals surface area contributed by atoms with E-state index in [0.717, 1.165) is 31.2 Å². The summed E-state index contributed by atoms with van der Waals surface area (Å²) in [7, 11) is -0.803. The molecule has 2 aromatic rings. The van der Waals surface area contributed by atoms with Crippen LogP contribution in [0.1, 0.15) is 147 Å². The monoisotopic (exact) mass is 1220 g/mol. The highest BCUT2D eigenvalue weighted by molar-refractivity contribution is 6.74. The lowest BCUT2D eigenvalue weighted by Gasteiger charge is -2.40. The Morgan fingerprint density at radius 1 is 0.659 bits per heavy atom. The van der Waals surface area contributed by atoms with Crippen LogP contribution in [0.3, 0.4) is 0 Å². The Kier molecular flexibility index (Phi) is 32.6. The smallest absolute Gasteiger partial charge is 0.305 e. The number of aliphatic carboxylic acids is 1. The van der Waals surface area contributed by atoms with Crippen LogP contribution in [0.5, 0.6) is 0 Å². The highest BCUT2D eigenvalue weighted by atomic mass is 28.4. The van der Waals surface area contributed by atoms with Crippen LogP contribution in [0, 0.1) is 29.1 Å². The number of carbonyl (C=O) groups excluding carboxylic acids is 3. The number of aliphatic hydroxyl groups excluding tert-OH is 5. The molecule has 2 aromatic carbocycles. The van der Waals surface area contributed by atoms with Crippen LogP contribution in [0.25, 0.3) is 0 Å². The Morgan fingerprint density at radius 3 is 1.69 bits per heavy atom. The molecule has 0 bridgehead atoms. The number of allylic oxidation sites excluding steroid dienone is 4. The number of hydrogen-bond acceptors (Lipinski definition) is 14. The number of benzene rings is 2. The van der Waals surface area contributed by atoms with Crippen LogP contribution in [-0.2, 0) is 68.3 Å². The molecule has 17 heteroatoms. The lowest BCUT2D eigenvalue weighted by atomic mass is 9.90. The van der Waals surface area contributed by atoms with Gasteiger partial charge in [0.1, 0.15) is 18.2 Å². The van der Waals surface area contributed by atoms with Gasteiger partial charge >= 0.3 is 11.9 Å². The fourth-order valence-electron chi connectivity index (χ4n) is 10.0. The molecule has 0 heterocycles. The van der Waals surface area contributed by atoms with Crippen LogP contribution in [0.15, 0.2) is 97.1 Å². The summed E-state index contributed by atoms with van der Waals surface area (Å²) < 4.78 is 29.5. The Morgan fingerprint density at radius 2 is 1.16 bits per heavy atom. The molecule has 4 rings (SSSR count). The molecule has 85 heavy (non-hydrogen) atoms. The molecule has 0 saturated heterocycles. The molecule has 6 N–H and O–H groups in total. The summed E-state index contributed by atoms with van der Waals surface area (Å²) in [5, 5.41) is 57.8. The van der Waals surface area contributed by atoms with Crippen molar-refractivity contribution >= 4 is 40.1 Å². The third-order valence-electron chi connectivity index (χ3n) is 17.5. The van der Waals surface area contributed by atoms with Gasteiger partial charge in [0, 0.05) is 63.6 Å². The Bertz CT molecular complexity index is 2440. The third kappa shape index (κ3) is 26.2. The zero-order valence-electron chi connectivity index (χ0n) is 53.6. The maximum absolute atomic E-state index is 13.5. The van der Waals surface area contributed by atoms with Gasteiger partial charge in [0.15, 0.2) is 16.6 Å². The molecule has 2 fully saturated rings. The van der Waals surface area contributed by atoms with E-state index in [0.29, 0.717) is 64.6 Å². The number of hydrogen-bond donors (Lipinski definition) is 6. The number of carboxylic acids is 1. The molecule has 2 aliphatic rings. The maximum atomic E-state index is 13.5. The van der Waals surface area contributed by atoms with Crippen LogP contribution in [0.4, 0.5) is 0 Å². The van der Waals surface area contributed by atoms with Gasteiger partial charge in [-0.1, -0.05) is 139 Å². The molecule has 0 aliphatic heterocycles. The number of methoxy groups -OCH3 is 2. The number of carbonyl (C=O) groups is 4. The van der Waals surface area contributed by atoms with Crippen molar-refractivity contribution in [2.45, 2.75) is 212 Å². The third-order valence-corrected chi connectivity index (χ3v) is 26.5. The van der Waals surface area contributed by atoms with Gasteiger partial charge in [-0.25, -0.2) is 0 Å². The summed E-state index contributed by atoms with van der Waals surface area (Å²) in [6, 6.07) is 16.8. The van der Waals surface area contributed by atoms with E-state index in [-0.39, 0.29) is 83.4 Å². The fraction of sp³-hybridized carbons (Fsp3) is 0.647. The molecular weight excluding hydrogens is 1110 g/mol. The molecule has 0 aromatic heterocycles. The van der Waals surface area contributed by atoms with Crippen LogP contribution in [0.2, 0.25) is 36.3 Å². The lowest BCUT2D eigenvalue weighted by molar-refractivity contribution is -0.151. The van der Waals surface area contributed by atoms with E-state index in [2.05, 4.69) is 122 Å². The summed E-state index contributed by atoms with van der Waals surface area (Å²) >= 11 is 0. The van der Waals surface area contributed by atoms with E-state index < -0.39 is 66.0 Å². The number of ketones is 2. The van der Waals surface area contributed by atoms with Gasteiger partial charge in [0.05, 0.1) is 62.9 Å². The average molecular weight is 1220 g/mol. The zero-order chi connectivity index (χ0) is 63.4. The SMILES string of the molecule is COCc1cccc(CCC[C@H](O)/C=C/[C@H]2[C@H](O)CC(=O)[C@@H]2C/C=C\CCCC(=O)OCC(CO)(CO)CO)c1.COCc1cccc(CC[C@@H](/C=C/[C@H]2[C@H](O[Si](C)(C)C(C)(C)C)CC(=O)[C@@H]2C/C=C\CCCC(=O)O)O[Si](C)(C)C(C)(C)C)c1. The first kappa shape index (κ1) is 75.0. The molecular formula is C68H108O15Si2. The Labute approximate surface area is 511 Å². The summed E-state index contributed by atoms with van der Waals surface area (Å²) in [6.07, 6.45) is 22.5. The van der Waals surface area contributed by atoms with Crippen LogP contribution >= 0.6 is 0 Å². The van der Waals surface area contributed by atoms with Crippen molar-refractivity contribution in [1.29, 1.82) is 0 Å². The number of ether oxygens (including phenoxy) is 3. The molecule has 2 aliphatic carbocycles. The summed E-state index contributed by atoms with van der Waals surface area (Å²) in [4.78, 5) is 48.8. The quantitative estimate of drug-likeness (QED) is 0.0161. The number of rotatable bonds is 36. The van der Waals surface area contributed by atoms with Gasteiger partial charge in [-0.05, 0) is 129 Å².